The molecule has 1 nitrogen and oxygen atoms in total. The molecule has 62 valence electrons. The van der Waals surface area contributed by atoms with Gasteiger partial charge in [-0.25, -0.2) is 0 Å². The number of hydrogen-bond donors (Lipinski definition) is 0. The van der Waals surface area contributed by atoms with Crippen molar-refractivity contribution in [3.8, 4) is 0 Å². The molecule has 0 heterocycles. The van der Waals surface area contributed by atoms with Crippen LogP contribution in [0.2, 0.25) is 0 Å². The molecule has 0 aromatic heterocycles. The third-order valence-electron chi connectivity index (χ3n) is 2.11. The van der Waals surface area contributed by atoms with Crippen LogP contribution in [-0.4, -0.2) is 5.78 Å². The van der Waals surface area contributed by atoms with Crippen LogP contribution in [0.3, 0.4) is 0 Å². The fourth-order valence-electron chi connectivity index (χ4n) is 0.871. The Bertz CT molecular complexity index is 199. The Labute approximate surface area is 68.5 Å². The molecule has 11 heavy (non-hydrogen) atoms. The normalized spacial score (nSPS) is 20.0. The molecule has 0 aromatic carbocycles. The highest BCUT2D eigenvalue weighted by molar-refractivity contribution is 5.85. The lowest BCUT2D eigenvalue weighted by Gasteiger charge is -2.19. The number of carbonyl (C=O) groups excluding carboxylic acids is 1. The maximum atomic E-state index is 11.5. The average Bonchev–Trinajstić information content (AvgIpc) is 2.45. The van der Waals surface area contributed by atoms with E-state index in [0.717, 1.165) is 0 Å². The Balaban J connectivity index is 2.45. The zero-order valence-corrected chi connectivity index (χ0v) is 7.77. The summed E-state index contributed by atoms with van der Waals surface area (Å²) >= 11 is 0. The van der Waals surface area contributed by atoms with Gasteiger partial charge in [-0.05, 0) is 0 Å². The first-order valence-electron chi connectivity index (χ1n) is 4.07. The second-order valence-corrected chi connectivity index (χ2v) is 4.69. The van der Waals surface area contributed by atoms with Crippen LogP contribution in [0.4, 0.5) is 0 Å². The largest absolute Gasteiger partial charge is 0.299 e. The lowest BCUT2D eigenvalue weighted by molar-refractivity contribution is -0.127. The number of allylic oxidation sites excluding steroid dienone is 2. The van der Waals surface area contributed by atoms with E-state index < -0.39 is 0 Å². The second-order valence-electron chi connectivity index (χ2n) is 4.69. The summed E-state index contributed by atoms with van der Waals surface area (Å²) in [5.41, 5.74) is -0.0440. The molecule has 0 bridgehead atoms. The summed E-state index contributed by atoms with van der Waals surface area (Å²) < 4.78 is 0. The predicted octanol–water partition coefficient (Wildman–Crippen LogP) is 2.57. The smallest absolute Gasteiger partial charge is 0.139 e. The first kappa shape index (κ1) is 8.51. The maximum Gasteiger partial charge on any atom is 0.139 e. The third-order valence-corrected chi connectivity index (χ3v) is 2.11. The number of hydrogen-bond acceptors (Lipinski definition) is 1. The van der Waals surface area contributed by atoms with Crippen molar-refractivity contribution in [1.82, 2.24) is 0 Å². The van der Waals surface area contributed by atoms with Gasteiger partial charge in [0.15, 0.2) is 0 Å². The van der Waals surface area contributed by atoms with Gasteiger partial charge in [0.25, 0.3) is 0 Å². The van der Waals surface area contributed by atoms with E-state index in [2.05, 4.69) is 19.1 Å². The Hall–Kier alpha value is -0.590. The first-order valence-corrected chi connectivity index (χ1v) is 4.07. The lowest BCUT2D eigenvalue weighted by atomic mass is 9.84. The zero-order valence-electron chi connectivity index (χ0n) is 7.77. The Morgan fingerprint density at radius 3 is 2.09 bits per heavy atom. The van der Waals surface area contributed by atoms with Crippen molar-refractivity contribution in [1.29, 1.82) is 0 Å². The quantitative estimate of drug-likeness (QED) is 0.556. The predicted molar refractivity (Wildman–Crippen MR) is 46.3 cm³/mol. The highest BCUT2D eigenvalue weighted by Gasteiger charge is 2.34. The SMILES string of the molecule is CC1(CC(=O)C(C)(C)C)C=C1. The fourth-order valence-corrected chi connectivity index (χ4v) is 0.871. The third kappa shape index (κ3) is 2.18. The van der Waals surface area contributed by atoms with Crippen molar-refractivity contribution >= 4 is 5.78 Å². The van der Waals surface area contributed by atoms with E-state index >= 15 is 0 Å². The highest BCUT2D eigenvalue weighted by Crippen LogP contribution is 2.39. The second kappa shape index (κ2) is 2.20. The van der Waals surface area contributed by atoms with Gasteiger partial charge in [-0.1, -0.05) is 39.8 Å². The van der Waals surface area contributed by atoms with Crippen LogP contribution in [0, 0.1) is 10.8 Å². The van der Waals surface area contributed by atoms with Crippen LogP contribution in [-0.2, 0) is 4.79 Å². The van der Waals surface area contributed by atoms with Crippen molar-refractivity contribution in [2.75, 3.05) is 0 Å². The van der Waals surface area contributed by atoms with E-state index in [0.29, 0.717) is 12.2 Å². The van der Waals surface area contributed by atoms with E-state index in [4.69, 9.17) is 0 Å². The molecule has 0 radical (unpaired) electrons. The van der Waals surface area contributed by atoms with Gasteiger partial charge in [-0.15, -0.1) is 0 Å². The minimum atomic E-state index is -0.173. The fraction of sp³-hybridized carbons (Fsp3) is 0.700. The monoisotopic (exact) mass is 152 g/mol. The summed E-state index contributed by atoms with van der Waals surface area (Å²) in [6, 6.07) is 0. The molecule has 0 saturated heterocycles. The van der Waals surface area contributed by atoms with Crippen molar-refractivity contribution in [3.63, 3.8) is 0 Å². The van der Waals surface area contributed by atoms with Gasteiger partial charge in [-0.2, -0.15) is 0 Å². The minimum absolute atomic E-state index is 0.129. The molecular weight excluding hydrogens is 136 g/mol. The number of Topliss-reactive ketones (excluding diaryl/α,β-unsaturated/α-hetero) is 1. The summed E-state index contributed by atoms with van der Waals surface area (Å²) in [6.07, 6.45) is 4.86. The standard InChI is InChI=1S/C10H16O/c1-9(2,3)8(11)7-10(4)5-6-10/h5-6H,7H2,1-4H3. The molecule has 0 atom stereocenters. The molecule has 1 rings (SSSR count). The molecule has 0 amide bonds. The number of rotatable bonds is 2. The number of carbonyl (C=O) groups is 1. The van der Waals surface area contributed by atoms with Crippen LogP contribution in [0.25, 0.3) is 0 Å². The van der Waals surface area contributed by atoms with Crippen LogP contribution >= 0.6 is 0 Å². The van der Waals surface area contributed by atoms with Gasteiger partial charge in [0, 0.05) is 17.3 Å². The highest BCUT2D eigenvalue weighted by atomic mass is 16.1. The van der Waals surface area contributed by atoms with Crippen LogP contribution < -0.4 is 0 Å². The van der Waals surface area contributed by atoms with Gasteiger partial charge in [0.2, 0.25) is 0 Å². The summed E-state index contributed by atoms with van der Waals surface area (Å²) in [5, 5.41) is 0. The van der Waals surface area contributed by atoms with Gasteiger partial charge < -0.3 is 0 Å². The Morgan fingerprint density at radius 1 is 1.36 bits per heavy atom. The average molecular weight is 152 g/mol. The van der Waals surface area contributed by atoms with Gasteiger partial charge in [0.05, 0.1) is 0 Å². The van der Waals surface area contributed by atoms with Gasteiger partial charge >= 0.3 is 0 Å². The molecule has 0 unspecified atom stereocenters. The topological polar surface area (TPSA) is 17.1 Å². The first-order chi connectivity index (χ1) is 4.83. The Kier molecular flexibility index (Phi) is 1.70. The maximum absolute atomic E-state index is 11.5. The molecule has 0 aliphatic heterocycles. The lowest BCUT2D eigenvalue weighted by Crippen LogP contribution is -2.22. The molecule has 0 spiro atoms. The molecule has 0 saturated carbocycles. The van der Waals surface area contributed by atoms with E-state index in [9.17, 15) is 4.79 Å². The summed E-state index contributed by atoms with van der Waals surface area (Å²) in [6.45, 7) is 8.01. The molecule has 1 aliphatic rings. The summed E-state index contributed by atoms with van der Waals surface area (Å²) in [4.78, 5) is 11.5. The van der Waals surface area contributed by atoms with Crippen LogP contribution in [0.1, 0.15) is 34.1 Å². The molecular formula is C10H16O. The van der Waals surface area contributed by atoms with Crippen molar-refractivity contribution in [2.24, 2.45) is 10.8 Å². The molecule has 1 heteroatoms. The minimum Gasteiger partial charge on any atom is -0.299 e. The molecule has 0 aromatic rings. The number of ketones is 1. The summed E-state index contributed by atoms with van der Waals surface area (Å²) in [5.74, 6) is 0.352. The van der Waals surface area contributed by atoms with Crippen LogP contribution in [0.5, 0.6) is 0 Å². The summed E-state index contributed by atoms with van der Waals surface area (Å²) in [7, 11) is 0. The van der Waals surface area contributed by atoms with E-state index in [1.165, 1.54) is 0 Å². The Morgan fingerprint density at radius 2 is 1.82 bits per heavy atom. The molecule has 1 aliphatic carbocycles. The van der Waals surface area contributed by atoms with E-state index in [-0.39, 0.29) is 10.8 Å². The van der Waals surface area contributed by atoms with Gasteiger partial charge in [0.1, 0.15) is 5.78 Å². The van der Waals surface area contributed by atoms with E-state index in [1.54, 1.807) is 0 Å². The van der Waals surface area contributed by atoms with Crippen LogP contribution in [0.15, 0.2) is 12.2 Å². The molecule has 0 N–H and O–H groups in total. The molecule has 0 fully saturated rings. The zero-order chi connectivity index (χ0) is 8.70. The van der Waals surface area contributed by atoms with Gasteiger partial charge in [-0.3, -0.25) is 4.79 Å². The van der Waals surface area contributed by atoms with Crippen molar-refractivity contribution in [3.05, 3.63) is 12.2 Å². The van der Waals surface area contributed by atoms with Crippen molar-refractivity contribution < 1.29 is 4.79 Å². The van der Waals surface area contributed by atoms with E-state index in [1.807, 2.05) is 20.8 Å². The van der Waals surface area contributed by atoms with Crippen molar-refractivity contribution in [2.45, 2.75) is 34.1 Å².